The first kappa shape index (κ1) is 23.8. The van der Waals surface area contributed by atoms with E-state index < -0.39 is 17.8 Å². The van der Waals surface area contributed by atoms with Crippen molar-refractivity contribution in [2.24, 2.45) is 23.2 Å². The van der Waals surface area contributed by atoms with Crippen LogP contribution in [0.1, 0.15) is 91.9 Å². The van der Waals surface area contributed by atoms with Crippen molar-refractivity contribution in [2.45, 2.75) is 110 Å². The molecule has 0 amide bonds. The maximum atomic E-state index is 10.1. The highest BCUT2D eigenvalue weighted by molar-refractivity contribution is 5.38. The molecule has 3 nitrogen and oxygen atoms in total. The quantitative estimate of drug-likeness (QED) is 0.520. The zero-order valence-corrected chi connectivity index (χ0v) is 19.7. The first-order chi connectivity index (χ1) is 14.0. The lowest BCUT2D eigenvalue weighted by atomic mass is 9.60. The van der Waals surface area contributed by atoms with Gasteiger partial charge in [-0.05, 0) is 93.1 Å². The number of hydrogen-bond acceptors (Lipinski definition) is 3. The van der Waals surface area contributed by atoms with Crippen molar-refractivity contribution in [1.29, 1.82) is 0 Å². The third kappa shape index (κ3) is 5.29. The Morgan fingerprint density at radius 3 is 2.67 bits per heavy atom. The lowest BCUT2D eigenvalue weighted by molar-refractivity contribution is 0.0596. The topological polar surface area (TPSA) is 60.7 Å². The Morgan fingerprint density at radius 2 is 1.97 bits per heavy atom. The van der Waals surface area contributed by atoms with Crippen LogP contribution < -0.4 is 0 Å². The summed E-state index contributed by atoms with van der Waals surface area (Å²) in [5, 5.41) is 30.2. The van der Waals surface area contributed by atoms with Gasteiger partial charge in [0.2, 0.25) is 0 Å². The zero-order chi connectivity index (χ0) is 22.1. The molecule has 3 saturated carbocycles. The molecule has 170 valence electrons. The summed E-state index contributed by atoms with van der Waals surface area (Å²) >= 11 is 0. The van der Waals surface area contributed by atoms with Crippen molar-refractivity contribution in [2.75, 3.05) is 0 Å². The van der Waals surface area contributed by atoms with Crippen LogP contribution >= 0.6 is 0 Å². The third-order valence-electron chi connectivity index (χ3n) is 8.44. The van der Waals surface area contributed by atoms with Crippen LogP contribution in [0.2, 0.25) is 0 Å². The minimum Gasteiger partial charge on any atom is -0.393 e. The molecule has 3 aliphatic carbocycles. The third-order valence-corrected chi connectivity index (χ3v) is 8.44. The standard InChI is InChI=1S/C27H44O3/c1-18(8-6-14-26(3,4)30)23-12-13-24-20(9-7-15-27(23,24)5)10-11-21-16-22(28)17-25(29)19(21)2/h10-11,18,22-25,28-30H,2,6-9,12-17H2,1,3-5H3/b20-10-,21-11+/t18-,22-,23-,24-,25+,27-/m1/s1. The van der Waals surface area contributed by atoms with Crippen molar-refractivity contribution in [3.8, 4) is 0 Å². The Labute approximate surface area is 184 Å². The van der Waals surface area contributed by atoms with Gasteiger partial charge in [0.1, 0.15) is 0 Å². The maximum absolute atomic E-state index is 10.1. The molecule has 3 aliphatic rings. The van der Waals surface area contributed by atoms with Crippen LogP contribution in [0.15, 0.2) is 35.5 Å². The molecular weight excluding hydrogens is 372 g/mol. The normalized spacial score (nSPS) is 38.8. The fourth-order valence-electron chi connectivity index (χ4n) is 6.74. The molecule has 0 aliphatic heterocycles. The number of fused-ring (bicyclic) bond motifs is 1. The van der Waals surface area contributed by atoms with Crippen molar-refractivity contribution in [3.05, 3.63) is 35.5 Å². The van der Waals surface area contributed by atoms with Gasteiger partial charge >= 0.3 is 0 Å². The largest absolute Gasteiger partial charge is 0.393 e. The summed E-state index contributed by atoms with van der Waals surface area (Å²) < 4.78 is 0. The summed E-state index contributed by atoms with van der Waals surface area (Å²) in [6.45, 7) is 12.8. The van der Waals surface area contributed by atoms with Gasteiger partial charge in [-0.25, -0.2) is 0 Å². The van der Waals surface area contributed by atoms with Gasteiger partial charge in [-0.1, -0.05) is 51.0 Å². The van der Waals surface area contributed by atoms with Crippen molar-refractivity contribution < 1.29 is 15.3 Å². The first-order valence-electron chi connectivity index (χ1n) is 12.2. The molecule has 3 rings (SSSR count). The average Bonchev–Trinajstić information content (AvgIpc) is 3.00. The molecule has 0 unspecified atom stereocenters. The molecule has 3 fully saturated rings. The van der Waals surface area contributed by atoms with E-state index in [9.17, 15) is 15.3 Å². The zero-order valence-electron chi connectivity index (χ0n) is 19.7. The van der Waals surface area contributed by atoms with E-state index in [4.69, 9.17) is 0 Å². The molecule has 0 spiro atoms. The Kier molecular flexibility index (Phi) is 7.37. The van der Waals surface area contributed by atoms with Crippen LogP contribution in [0.25, 0.3) is 0 Å². The van der Waals surface area contributed by atoms with E-state index in [1.807, 2.05) is 13.8 Å². The van der Waals surface area contributed by atoms with E-state index in [1.165, 1.54) is 38.5 Å². The summed E-state index contributed by atoms with van der Waals surface area (Å²) in [6.07, 6.45) is 13.9. The molecule has 30 heavy (non-hydrogen) atoms. The molecule has 0 radical (unpaired) electrons. The Balaban J connectivity index is 1.70. The van der Waals surface area contributed by atoms with E-state index in [1.54, 1.807) is 5.57 Å². The smallest absolute Gasteiger partial charge is 0.0811 e. The number of aliphatic hydroxyl groups is 3. The number of allylic oxidation sites excluding steroid dienone is 3. The van der Waals surface area contributed by atoms with Crippen LogP contribution in [-0.4, -0.2) is 33.1 Å². The van der Waals surface area contributed by atoms with Gasteiger partial charge < -0.3 is 15.3 Å². The summed E-state index contributed by atoms with van der Waals surface area (Å²) in [7, 11) is 0. The van der Waals surface area contributed by atoms with Crippen molar-refractivity contribution >= 4 is 0 Å². The maximum Gasteiger partial charge on any atom is 0.0811 e. The summed E-state index contributed by atoms with van der Waals surface area (Å²) in [5.74, 6) is 2.11. The molecule has 0 heterocycles. The molecule has 0 saturated heterocycles. The molecule has 3 N–H and O–H groups in total. The van der Waals surface area contributed by atoms with E-state index >= 15 is 0 Å². The summed E-state index contributed by atoms with van der Waals surface area (Å²) in [5.41, 5.74) is 3.17. The van der Waals surface area contributed by atoms with E-state index in [0.717, 1.165) is 29.9 Å². The molecular formula is C27H44O3. The SMILES string of the molecule is C=C1/C(=C/C=C2/CCC[C@@]3(C)[C@@H]2CC[C@@H]3[C@H](C)CCCC(C)(C)O)C[C@@H](O)C[C@@H]1O. The number of aliphatic hydroxyl groups excluding tert-OH is 2. The van der Waals surface area contributed by atoms with Gasteiger partial charge in [0.05, 0.1) is 17.8 Å². The molecule has 6 atom stereocenters. The fraction of sp³-hybridized carbons (Fsp3) is 0.778. The van der Waals surface area contributed by atoms with Crippen LogP contribution in [-0.2, 0) is 0 Å². The van der Waals surface area contributed by atoms with Crippen LogP contribution in [0, 0.1) is 23.2 Å². The van der Waals surface area contributed by atoms with Gasteiger partial charge in [0.25, 0.3) is 0 Å². The fourth-order valence-corrected chi connectivity index (χ4v) is 6.74. The highest BCUT2D eigenvalue weighted by Crippen LogP contribution is 2.60. The molecule has 0 aromatic heterocycles. The molecule has 0 aromatic rings. The minimum atomic E-state index is -0.615. The Morgan fingerprint density at radius 1 is 1.23 bits per heavy atom. The monoisotopic (exact) mass is 416 g/mol. The predicted molar refractivity (Wildman–Crippen MR) is 124 cm³/mol. The van der Waals surface area contributed by atoms with Gasteiger partial charge in [-0.2, -0.15) is 0 Å². The Bertz CT molecular complexity index is 683. The molecule has 0 aromatic carbocycles. The van der Waals surface area contributed by atoms with Crippen LogP contribution in [0.3, 0.4) is 0 Å². The van der Waals surface area contributed by atoms with Crippen LogP contribution in [0.5, 0.6) is 0 Å². The summed E-state index contributed by atoms with van der Waals surface area (Å²) in [4.78, 5) is 0. The second kappa shape index (κ2) is 9.30. The molecule has 0 bridgehead atoms. The van der Waals surface area contributed by atoms with Crippen molar-refractivity contribution in [3.63, 3.8) is 0 Å². The van der Waals surface area contributed by atoms with E-state index in [0.29, 0.717) is 30.1 Å². The molecule has 3 heteroatoms. The van der Waals surface area contributed by atoms with Gasteiger partial charge in [0, 0.05) is 6.42 Å². The average molecular weight is 417 g/mol. The lowest BCUT2D eigenvalue weighted by Crippen LogP contribution is -2.36. The number of hydrogen-bond donors (Lipinski definition) is 3. The predicted octanol–water partition coefficient (Wildman–Crippen LogP) is 5.70. The Hall–Kier alpha value is -0.900. The van der Waals surface area contributed by atoms with Gasteiger partial charge in [-0.15, -0.1) is 0 Å². The van der Waals surface area contributed by atoms with Gasteiger partial charge in [0.15, 0.2) is 0 Å². The number of rotatable bonds is 6. The summed E-state index contributed by atoms with van der Waals surface area (Å²) in [6, 6.07) is 0. The second-order valence-corrected chi connectivity index (χ2v) is 11.3. The highest BCUT2D eigenvalue weighted by Gasteiger charge is 2.50. The first-order valence-corrected chi connectivity index (χ1v) is 12.2. The van der Waals surface area contributed by atoms with Crippen LogP contribution in [0.4, 0.5) is 0 Å². The van der Waals surface area contributed by atoms with Crippen molar-refractivity contribution in [1.82, 2.24) is 0 Å². The van der Waals surface area contributed by atoms with E-state index in [-0.39, 0.29) is 0 Å². The second-order valence-electron chi connectivity index (χ2n) is 11.3. The lowest BCUT2D eigenvalue weighted by Gasteiger charge is -2.44. The highest BCUT2D eigenvalue weighted by atomic mass is 16.3. The van der Waals surface area contributed by atoms with Gasteiger partial charge in [-0.3, -0.25) is 0 Å². The minimum absolute atomic E-state index is 0.374. The van der Waals surface area contributed by atoms with E-state index in [2.05, 4.69) is 32.6 Å².